The molecular weight excluding hydrogens is 400 g/mol. The van der Waals surface area contributed by atoms with Gasteiger partial charge < -0.3 is 9.47 Å². The van der Waals surface area contributed by atoms with Crippen LogP contribution in [0.15, 0.2) is 0 Å². The van der Waals surface area contributed by atoms with E-state index in [-0.39, 0.29) is 23.8 Å². The van der Waals surface area contributed by atoms with Crippen molar-refractivity contribution in [2.24, 2.45) is 17.8 Å². The molecule has 0 amide bonds. The minimum Gasteiger partial charge on any atom is -0.465 e. The molecule has 188 valence electrons. The molecule has 1 fully saturated rings. The second-order valence-electron chi connectivity index (χ2n) is 10.3. The first kappa shape index (κ1) is 29.0. The largest absolute Gasteiger partial charge is 0.465 e. The van der Waals surface area contributed by atoms with Crippen molar-refractivity contribution >= 4 is 11.9 Å². The number of ether oxygens (including phenoxy) is 2. The van der Waals surface area contributed by atoms with Crippen LogP contribution in [0.1, 0.15) is 136 Å². The summed E-state index contributed by atoms with van der Waals surface area (Å²) in [5, 5.41) is 0. The molecule has 0 spiro atoms. The number of carbonyl (C=O) groups excluding carboxylic acids is 2. The molecule has 0 aromatic carbocycles. The van der Waals surface area contributed by atoms with Crippen molar-refractivity contribution in [1.29, 1.82) is 0 Å². The second kappa shape index (κ2) is 19.4. The van der Waals surface area contributed by atoms with E-state index in [1.807, 2.05) is 0 Å². The summed E-state index contributed by atoms with van der Waals surface area (Å²) in [4.78, 5) is 25.2. The van der Waals surface area contributed by atoms with E-state index in [4.69, 9.17) is 9.47 Å². The lowest BCUT2D eigenvalue weighted by molar-refractivity contribution is -0.163. The predicted molar refractivity (Wildman–Crippen MR) is 133 cm³/mol. The van der Waals surface area contributed by atoms with Crippen LogP contribution in [0.3, 0.4) is 0 Å². The van der Waals surface area contributed by atoms with Crippen LogP contribution in [0.25, 0.3) is 0 Å². The Balaban J connectivity index is 2.14. The van der Waals surface area contributed by atoms with Gasteiger partial charge in [-0.25, -0.2) is 0 Å². The van der Waals surface area contributed by atoms with Crippen molar-refractivity contribution in [2.75, 3.05) is 13.2 Å². The Morgan fingerprint density at radius 2 is 1.06 bits per heavy atom. The SMILES string of the molecule is CCCCCCCCOC(=O)C1CCCCC1C(=O)OCCCCCCCCCC(C)C. The topological polar surface area (TPSA) is 52.6 Å². The smallest absolute Gasteiger partial charge is 0.309 e. The van der Waals surface area contributed by atoms with Crippen LogP contribution in [-0.4, -0.2) is 25.2 Å². The van der Waals surface area contributed by atoms with E-state index in [2.05, 4.69) is 20.8 Å². The van der Waals surface area contributed by atoms with Crippen molar-refractivity contribution in [3.8, 4) is 0 Å². The van der Waals surface area contributed by atoms with Crippen LogP contribution < -0.4 is 0 Å². The third-order valence-corrected chi connectivity index (χ3v) is 6.78. The van der Waals surface area contributed by atoms with Gasteiger partial charge in [0.1, 0.15) is 0 Å². The summed E-state index contributed by atoms with van der Waals surface area (Å²) in [5.74, 6) is -0.155. The van der Waals surface area contributed by atoms with Crippen LogP contribution in [-0.2, 0) is 19.1 Å². The van der Waals surface area contributed by atoms with Crippen molar-refractivity contribution in [2.45, 2.75) is 136 Å². The zero-order valence-corrected chi connectivity index (χ0v) is 21.5. The number of rotatable bonds is 19. The van der Waals surface area contributed by atoms with Crippen LogP contribution in [0, 0.1) is 17.8 Å². The Labute approximate surface area is 198 Å². The van der Waals surface area contributed by atoms with Crippen molar-refractivity contribution in [1.82, 2.24) is 0 Å². The van der Waals surface area contributed by atoms with Gasteiger partial charge in [0.2, 0.25) is 0 Å². The molecule has 0 aromatic heterocycles. The maximum Gasteiger partial charge on any atom is 0.309 e. The maximum atomic E-state index is 12.6. The minimum absolute atomic E-state index is 0.181. The highest BCUT2D eigenvalue weighted by Gasteiger charge is 2.37. The van der Waals surface area contributed by atoms with Crippen molar-refractivity contribution in [3.05, 3.63) is 0 Å². The molecular formula is C28H52O4. The minimum atomic E-state index is -0.304. The molecule has 0 heterocycles. The highest BCUT2D eigenvalue weighted by molar-refractivity contribution is 5.82. The fourth-order valence-electron chi connectivity index (χ4n) is 4.68. The number of esters is 2. The summed E-state index contributed by atoms with van der Waals surface area (Å²) in [6.45, 7) is 7.76. The van der Waals surface area contributed by atoms with Crippen LogP contribution >= 0.6 is 0 Å². The van der Waals surface area contributed by atoms with Crippen molar-refractivity contribution < 1.29 is 19.1 Å². The predicted octanol–water partition coefficient (Wildman–Crippen LogP) is 8.02. The van der Waals surface area contributed by atoms with E-state index in [1.54, 1.807) is 0 Å². The molecule has 2 unspecified atom stereocenters. The normalized spacial score (nSPS) is 18.6. The first-order valence-corrected chi connectivity index (χ1v) is 13.9. The Morgan fingerprint density at radius 3 is 1.50 bits per heavy atom. The molecule has 32 heavy (non-hydrogen) atoms. The van der Waals surface area contributed by atoms with Crippen LogP contribution in [0.4, 0.5) is 0 Å². The second-order valence-corrected chi connectivity index (χ2v) is 10.3. The van der Waals surface area contributed by atoms with Crippen LogP contribution in [0.2, 0.25) is 0 Å². The van der Waals surface area contributed by atoms with Gasteiger partial charge in [-0.1, -0.05) is 111 Å². The molecule has 2 atom stereocenters. The molecule has 0 saturated heterocycles. The summed E-state index contributed by atoms with van der Waals surface area (Å²) < 4.78 is 11.1. The number of hydrogen-bond donors (Lipinski definition) is 0. The van der Waals surface area contributed by atoms with Crippen molar-refractivity contribution in [3.63, 3.8) is 0 Å². The number of hydrogen-bond acceptors (Lipinski definition) is 4. The lowest BCUT2D eigenvalue weighted by Crippen LogP contribution is -2.35. The van der Waals surface area contributed by atoms with E-state index in [9.17, 15) is 9.59 Å². The molecule has 1 aliphatic carbocycles. The third-order valence-electron chi connectivity index (χ3n) is 6.78. The Kier molecular flexibility index (Phi) is 17.6. The maximum absolute atomic E-state index is 12.6. The van der Waals surface area contributed by atoms with Gasteiger partial charge in [-0.15, -0.1) is 0 Å². The van der Waals surface area contributed by atoms with E-state index < -0.39 is 0 Å². The molecule has 0 aromatic rings. The molecule has 0 bridgehead atoms. The molecule has 4 nitrogen and oxygen atoms in total. The van der Waals surface area contributed by atoms with Gasteiger partial charge in [0.15, 0.2) is 0 Å². The van der Waals surface area contributed by atoms with Gasteiger partial charge in [0.05, 0.1) is 25.0 Å². The fraction of sp³-hybridized carbons (Fsp3) is 0.929. The molecule has 1 aliphatic rings. The summed E-state index contributed by atoms with van der Waals surface area (Å²) in [5.41, 5.74) is 0. The van der Waals surface area contributed by atoms with Gasteiger partial charge in [0.25, 0.3) is 0 Å². The number of unbranched alkanes of at least 4 members (excludes halogenated alkanes) is 11. The third kappa shape index (κ3) is 14.2. The Bertz CT molecular complexity index is 474. The molecule has 0 radical (unpaired) electrons. The summed E-state index contributed by atoms with van der Waals surface area (Å²) in [6.07, 6.45) is 20.4. The van der Waals surface area contributed by atoms with Crippen LogP contribution in [0.5, 0.6) is 0 Å². The standard InChI is InChI=1S/C28H52O4/c1-4-5-6-7-12-17-22-31-27(29)25-20-15-16-21-26(25)28(30)32-23-18-13-10-8-9-11-14-19-24(2)3/h24-26H,4-23H2,1-3H3. The highest BCUT2D eigenvalue weighted by atomic mass is 16.5. The Morgan fingerprint density at radius 1 is 0.656 bits per heavy atom. The van der Waals surface area contributed by atoms with E-state index >= 15 is 0 Å². The zero-order chi connectivity index (χ0) is 23.4. The lowest BCUT2D eigenvalue weighted by atomic mass is 9.79. The molecule has 0 N–H and O–H groups in total. The fourth-order valence-corrected chi connectivity index (χ4v) is 4.68. The van der Waals surface area contributed by atoms with E-state index in [1.165, 1.54) is 64.2 Å². The summed E-state index contributed by atoms with van der Waals surface area (Å²) in [6, 6.07) is 0. The molecule has 4 heteroatoms. The Hall–Kier alpha value is -1.06. The van der Waals surface area contributed by atoms with Gasteiger partial charge in [-0.2, -0.15) is 0 Å². The number of carbonyl (C=O) groups is 2. The first-order chi connectivity index (χ1) is 15.6. The molecule has 0 aliphatic heterocycles. The van der Waals surface area contributed by atoms with Gasteiger partial charge >= 0.3 is 11.9 Å². The van der Waals surface area contributed by atoms with E-state index in [0.717, 1.165) is 57.3 Å². The van der Waals surface area contributed by atoms with Gasteiger partial charge in [0, 0.05) is 0 Å². The quantitative estimate of drug-likeness (QED) is 0.147. The summed E-state index contributed by atoms with van der Waals surface area (Å²) in [7, 11) is 0. The zero-order valence-electron chi connectivity index (χ0n) is 21.5. The molecule has 1 rings (SSSR count). The molecule has 1 saturated carbocycles. The van der Waals surface area contributed by atoms with Gasteiger partial charge in [-0.05, 0) is 31.6 Å². The average molecular weight is 453 g/mol. The first-order valence-electron chi connectivity index (χ1n) is 13.9. The highest BCUT2D eigenvalue weighted by Crippen LogP contribution is 2.32. The summed E-state index contributed by atoms with van der Waals surface area (Å²) >= 11 is 0. The monoisotopic (exact) mass is 452 g/mol. The average Bonchev–Trinajstić information content (AvgIpc) is 2.79. The van der Waals surface area contributed by atoms with Gasteiger partial charge in [-0.3, -0.25) is 9.59 Å². The van der Waals surface area contributed by atoms with E-state index in [0.29, 0.717) is 13.2 Å². The lowest BCUT2D eigenvalue weighted by Gasteiger charge is -2.28.